The summed E-state index contributed by atoms with van der Waals surface area (Å²) in [5.74, 6) is 1.33. The Labute approximate surface area is 112 Å². The van der Waals surface area contributed by atoms with Crippen LogP contribution in [-0.2, 0) is 0 Å². The molecule has 1 aromatic heterocycles. The van der Waals surface area contributed by atoms with Crippen molar-refractivity contribution in [3.8, 4) is 5.75 Å². The summed E-state index contributed by atoms with van der Waals surface area (Å²) >= 11 is 0. The number of hydrogen-bond donors (Lipinski definition) is 3. The van der Waals surface area contributed by atoms with Crippen molar-refractivity contribution in [2.45, 2.75) is 12.1 Å². The number of hydrazine groups is 1. The highest BCUT2D eigenvalue weighted by molar-refractivity contribution is 5.15. The lowest BCUT2D eigenvalue weighted by Gasteiger charge is -2.20. The number of β-amino-alcohol motifs (C(OH)–C–C–N with tert-alkyl or cyclic N) is 1. The second-order valence-corrected chi connectivity index (χ2v) is 5.15. The number of aliphatic hydroxyl groups is 1. The highest BCUT2D eigenvalue weighted by Gasteiger charge is 2.42. The molecule has 0 aromatic carbocycles. The Hall–Kier alpha value is -1.21. The molecule has 0 spiro atoms. The van der Waals surface area contributed by atoms with E-state index in [1.165, 1.54) is 0 Å². The minimum atomic E-state index is 0.226. The van der Waals surface area contributed by atoms with Gasteiger partial charge < -0.3 is 9.84 Å². The largest absolute Gasteiger partial charge is 0.490 e. The molecule has 104 valence electrons. The molecule has 3 unspecified atom stereocenters. The molecule has 19 heavy (non-hydrogen) atoms. The number of likely N-dealkylation sites (tertiary alicyclic amines) is 1. The Morgan fingerprint density at radius 1 is 1.42 bits per heavy atom. The average molecular weight is 264 g/mol. The molecule has 0 amide bonds. The van der Waals surface area contributed by atoms with E-state index >= 15 is 0 Å². The lowest BCUT2D eigenvalue weighted by Crippen LogP contribution is -2.41. The molecule has 2 aliphatic rings. The third kappa shape index (κ3) is 2.87. The van der Waals surface area contributed by atoms with Crippen molar-refractivity contribution in [1.82, 2.24) is 20.7 Å². The summed E-state index contributed by atoms with van der Waals surface area (Å²) in [7, 11) is 0. The van der Waals surface area contributed by atoms with E-state index in [1.807, 2.05) is 12.1 Å². The summed E-state index contributed by atoms with van der Waals surface area (Å²) in [5, 5.41) is 9.00. The van der Waals surface area contributed by atoms with E-state index in [1.54, 1.807) is 12.4 Å². The molecule has 0 radical (unpaired) electrons. The van der Waals surface area contributed by atoms with Gasteiger partial charge in [0.1, 0.15) is 12.4 Å². The van der Waals surface area contributed by atoms with Crippen molar-refractivity contribution in [3.63, 3.8) is 0 Å². The van der Waals surface area contributed by atoms with E-state index in [-0.39, 0.29) is 6.61 Å². The minimum absolute atomic E-state index is 0.226. The summed E-state index contributed by atoms with van der Waals surface area (Å²) in [6, 6.07) is 4.54. The maximum absolute atomic E-state index is 9.00. The maximum Gasteiger partial charge on any atom is 0.137 e. The number of aliphatic hydroxyl groups excluding tert-OH is 1. The number of pyridine rings is 1. The van der Waals surface area contributed by atoms with E-state index < -0.39 is 0 Å². The first-order valence-corrected chi connectivity index (χ1v) is 6.74. The molecule has 3 heterocycles. The molecule has 3 rings (SSSR count). The second kappa shape index (κ2) is 5.83. The fourth-order valence-corrected chi connectivity index (χ4v) is 2.90. The molecule has 2 saturated heterocycles. The predicted octanol–water partition coefficient (Wildman–Crippen LogP) is -0.770. The standard InChI is InChI=1S/C13H20N4O2/c18-5-4-17-7-11-12(8-17)15-16-13(11)9-19-10-2-1-3-14-6-10/h1-3,6,11-13,15-16,18H,4-5,7-9H2. The first-order chi connectivity index (χ1) is 9.36. The van der Waals surface area contributed by atoms with Gasteiger partial charge in [0.2, 0.25) is 0 Å². The number of fused-ring (bicyclic) bond motifs is 1. The first-order valence-electron chi connectivity index (χ1n) is 6.74. The highest BCUT2D eigenvalue weighted by atomic mass is 16.5. The Kier molecular flexibility index (Phi) is 3.93. The molecule has 2 aliphatic heterocycles. The smallest absolute Gasteiger partial charge is 0.137 e. The second-order valence-electron chi connectivity index (χ2n) is 5.15. The Morgan fingerprint density at radius 3 is 3.16 bits per heavy atom. The van der Waals surface area contributed by atoms with Crippen LogP contribution in [0.4, 0.5) is 0 Å². The number of aromatic nitrogens is 1. The normalized spacial score (nSPS) is 30.5. The van der Waals surface area contributed by atoms with Gasteiger partial charge in [-0.05, 0) is 12.1 Å². The van der Waals surface area contributed by atoms with Crippen LogP contribution in [-0.4, -0.2) is 59.9 Å². The van der Waals surface area contributed by atoms with Gasteiger partial charge in [-0.25, -0.2) is 0 Å². The zero-order chi connectivity index (χ0) is 13.1. The average Bonchev–Trinajstić information content (AvgIpc) is 2.98. The molecule has 0 saturated carbocycles. The number of hydrogen-bond acceptors (Lipinski definition) is 6. The van der Waals surface area contributed by atoms with E-state index in [2.05, 4.69) is 20.7 Å². The molecule has 6 nitrogen and oxygen atoms in total. The van der Waals surface area contributed by atoms with Crippen LogP contribution >= 0.6 is 0 Å². The van der Waals surface area contributed by atoms with Gasteiger partial charge in [-0.1, -0.05) is 0 Å². The lowest BCUT2D eigenvalue weighted by molar-refractivity contribution is 0.196. The van der Waals surface area contributed by atoms with E-state index in [0.29, 0.717) is 24.6 Å². The van der Waals surface area contributed by atoms with Gasteiger partial charge in [0.25, 0.3) is 0 Å². The summed E-state index contributed by atoms with van der Waals surface area (Å²) in [5.41, 5.74) is 6.63. The number of ether oxygens (including phenoxy) is 1. The van der Waals surface area contributed by atoms with Crippen LogP contribution in [0.3, 0.4) is 0 Å². The van der Waals surface area contributed by atoms with Crippen molar-refractivity contribution in [1.29, 1.82) is 0 Å². The molecule has 1 aromatic rings. The minimum Gasteiger partial charge on any atom is -0.490 e. The quantitative estimate of drug-likeness (QED) is 0.649. The molecule has 6 heteroatoms. The SMILES string of the molecule is OCCN1CC2NNC(COc3cccnc3)C2C1. The van der Waals surface area contributed by atoms with Crippen molar-refractivity contribution in [3.05, 3.63) is 24.5 Å². The third-order valence-corrected chi connectivity index (χ3v) is 3.89. The van der Waals surface area contributed by atoms with Gasteiger partial charge in [-0.2, -0.15) is 0 Å². The first kappa shape index (κ1) is 12.8. The van der Waals surface area contributed by atoms with Crippen molar-refractivity contribution < 1.29 is 9.84 Å². The van der Waals surface area contributed by atoms with Crippen molar-refractivity contribution in [2.75, 3.05) is 32.8 Å². The summed E-state index contributed by atoms with van der Waals surface area (Å²) in [6.07, 6.45) is 3.47. The van der Waals surface area contributed by atoms with Crippen LogP contribution in [0.1, 0.15) is 0 Å². The van der Waals surface area contributed by atoms with E-state index in [0.717, 1.165) is 25.4 Å². The Balaban J connectivity index is 1.52. The Bertz CT molecular complexity index is 403. The monoisotopic (exact) mass is 264 g/mol. The molecular formula is C13H20N4O2. The molecule has 3 atom stereocenters. The van der Waals surface area contributed by atoms with Crippen molar-refractivity contribution in [2.24, 2.45) is 5.92 Å². The summed E-state index contributed by atoms with van der Waals surface area (Å²) in [6.45, 7) is 3.61. The van der Waals surface area contributed by atoms with Crippen LogP contribution in [0, 0.1) is 5.92 Å². The van der Waals surface area contributed by atoms with Crippen LogP contribution < -0.4 is 15.6 Å². The number of nitrogens with zero attached hydrogens (tertiary/aromatic N) is 2. The van der Waals surface area contributed by atoms with Crippen molar-refractivity contribution >= 4 is 0 Å². The summed E-state index contributed by atoms with van der Waals surface area (Å²) < 4.78 is 5.76. The van der Waals surface area contributed by atoms with Gasteiger partial charge in [0, 0.05) is 37.8 Å². The molecule has 0 bridgehead atoms. The topological polar surface area (TPSA) is 69.7 Å². The maximum atomic E-state index is 9.00. The molecule has 0 aliphatic carbocycles. The van der Waals surface area contributed by atoms with Gasteiger partial charge in [0.05, 0.1) is 18.8 Å². The molecule has 2 fully saturated rings. The third-order valence-electron chi connectivity index (χ3n) is 3.89. The fraction of sp³-hybridized carbons (Fsp3) is 0.615. The van der Waals surface area contributed by atoms with Crippen LogP contribution in [0.15, 0.2) is 24.5 Å². The zero-order valence-corrected chi connectivity index (χ0v) is 10.8. The zero-order valence-electron chi connectivity index (χ0n) is 10.8. The van der Waals surface area contributed by atoms with Gasteiger partial charge in [-0.15, -0.1) is 0 Å². The van der Waals surface area contributed by atoms with Crippen LogP contribution in [0.5, 0.6) is 5.75 Å². The van der Waals surface area contributed by atoms with Crippen LogP contribution in [0.25, 0.3) is 0 Å². The van der Waals surface area contributed by atoms with E-state index in [9.17, 15) is 0 Å². The summed E-state index contributed by atoms with van der Waals surface area (Å²) in [4.78, 5) is 6.33. The predicted molar refractivity (Wildman–Crippen MR) is 70.6 cm³/mol. The number of rotatable bonds is 5. The van der Waals surface area contributed by atoms with Gasteiger partial charge in [0.15, 0.2) is 0 Å². The van der Waals surface area contributed by atoms with Gasteiger partial charge >= 0.3 is 0 Å². The van der Waals surface area contributed by atoms with Gasteiger partial charge in [-0.3, -0.25) is 20.7 Å². The van der Waals surface area contributed by atoms with E-state index in [4.69, 9.17) is 9.84 Å². The fourth-order valence-electron chi connectivity index (χ4n) is 2.90. The van der Waals surface area contributed by atoms with Crippen LogP contribution in [0.2, 0.25) is 0 Å². The molecular weight excluding hydrogens is 244 g/mol. The number of nitrogens with one attached hydrogen (secondary N) is 2. The Morgan fingerprint density at radius 2 is 2.37 bits per heavy atom. The molecule has 3 N–H and O–H groups in total. The highest BCUT2D eigenvalue weighted by Crippen LogP contribution is 2.24. The lowest BCUT2D eigenvalue weighted by atomic mass is 9.98.